The van der Waals surface area contributed by atoms with Gasteiger partial charge in [0.05, 0.1) is 30.8 Å². The molecular weight excluding hydrogens is 330 g/mol. The van der Waals surface area contributed by atoms with Gasteiger partial charge in [-0.3, -0.25) is 4.31 Å². The van der Waals surface area contributed by atoms with Crippen LogP contribution in [0.25, 0.3) is 22.6 Å². The fourth-order valence-electron chi connectivity index (χ4n) is 2.53. The van der Waals surface area contributed by atoms with Crippen molar-refractivity contribution in [3.8, 4) is 17.1 Å². The average Bonchev–Trinajstić information content (AvgIpc) is 2.97. The van der Waals surface area contributed by atoms with Gasteiger partial charge in [-0.15, -0.1) is 0 Å². The first-order valence-corrected chi connectivity index (χ1v) is 9.10. The Bertz CT molecular complexity index is 951. The maximum absolute atomic E-state index is 11.9. The van der Waals surface area contributed by atoms with E-state index in [9.17, 15) is 8.42 Å². The minimum atomic E-state index is -3.35. The molecule has 0 atom stereocenters. The number of rotatable bonds is 5. The summed E-state index contributed by atoms with van der Waals surface area (Å²) in [6.07, 6.45) is 4.25. The molecule has 0 aliphatic heterocycles. The van der Waals surface area contributed by atoms with Gasteiger partial charge in [-0.1, -0.05) is 0 Å². The van der Waals surface area contributed by atoms with Crippen molar-refractivity contribution in [1.82, 2.24) is 19.9 Å². The third-order valence-corrected chi connectivity index (χ3v) is 4.85. The molecule has 0 spiro atoms. The number of benzene rings is 1. The fourth-order valence-corrected chi connectivity index (χ4v) is 3.49. The average molecular weight is 347 g/mol. The van der Waals surface area contributed by atoms with Gasteiger partial charge in [0.2, 0.25) is 10.0 Å². The molecule has 24 heavy (non-hydrogen) atoms. The standard InChI is InChI=1S/C15H17N5O3S/c1-4-20(24(3,21)22)10-5-6-11(13(7-10)23-2)14-18-12-8-16-9-17-15(12)19-14/h5-9H,4H2,1-3H3,(H,16,17,18,19). The van der Waals surface area contributed by atoms with E-state index in [4.69, 9.17) is 4.74 Å². The number of nitrogens with zero attached hydrogens (tertiary/aromatic N) is 4. The molecule has 0 aliphatic rings. The highest BCUT2D eigenvalue weighted by molar-refractivity contribution is 7.92. The Balaban J connectivity index is 2.10. The summed E-state index contributed by atoms with van der Waals surface area (Å²) in [5, 5.41) is 0. The lowest BCUT2D eigenvalue weighted by Gasteiger charge is -2.21. The van der Waals surface area contributed by atoms with Crippen LogP contribution in [0.15, 0.2) is 30.7 Å². The van der Waals surface area contributed by atoms with Crippen molar-refractivity contribution in [1.29, 1.82) is 0 Å². The summed E-state index contributed by atoms with van der Waals surface area (Å²) >= 11 is 0. The molecule has 0 unspecified atom stereocenters. The number of hydrogen-bond donors (Lipinski definition) is 1. The molecule has 3 aromatic rings. The van der Waals surface area contributed by atoms with Crippen LogP contribution in [0.4, 0.5) is 5.69 Å². The van der Waals surface area contributed by atoms with E-state index in [0.29, 0.717) is 40.5 Å². The maximum Gasteiger partial charge on any atom is 0.232 e. The molecule has 126 valence electrons. The van der Waals surface area contributed by atoms with Gasteiger partial charge in [0.15, 0.2) is 5.65 Å². The number of ether oxygens (including phenoxy) is 1. The number of aromatic nitrogens is 4. The first-order valence-electron chi connectivity index (χ1n) is 7.26. The van der Waals surface area contributed by atoms with E-state index in [1.54, 1.807) is 31.3 Å². The Morgan fingerprint density at radius 1 is 1.33 bits per heavy atom. The van der Waals surface area contributed by atoms with Crippen molar-refractivity contribution in [2.45, 2.75) is 6.92 Å². The predicted octanol–water partition coefficient (Wildman–Crippen LogP) is 1.81. The van der Waals surface area contributed by atoms with Crippen LogP contribution in [-0.4, -0.2) is 48.3 Å². The van der Waals surface area contributed by atoms with Gasteiger partial charge >= 0.3 is 0 Å². The maximum atomic E-state index is 11.9. The molecule has 9 heteroatoms. The Morgan fingerprint density at radius 2 is 2.12 bits per heavy atom. The van der Waals surface area contributed by atoms with E-state index in [0.717, 1.165) is 0 Å². The first-order chi connectivity index (χ1) is 11.4. The summed E-state index contributed by atoms with van der Waals surface area (Å²) in [6, 6.07) is 5.17. The van der Waals surface area contributed by atoms with Crippen molar-refractivity contribution in [2.75, 3.05) is 24.2 Å². The van der Waals surface area contributed by atoms with Crippen molar-refractivity contribution in [3.05, 3.63) is 30.7 Å². The molecule has 0 amide bonds. The van der Waals surface area contributed by atoms with Crippen molar-refractivity contribution in [3.63, 3.8) is 0 Å². The third kappa shape index (κ3) is 2.90. The SMILES string of the molecule is CCN(c1ccc(-c2nc3ncncc3[nH]2)c(OC)c1)S(C)(=O)=O. The normalized spacial score (nSPS) is 11.6. The lowest BCUT2D eigenvalue weighted by Crippen LogP contribution is -2.29. The number of anilines is 1. The Morgan fingerprint density at radius 3 is 2.75 bits per heavy atom. The summed E-state index contributed by atoms with van der Waals surface area (Å²) < 4.78 is 30.5. The second-order valence-corrected chi connectivity index (χ2v) is 7.06. The van der Waals surface area contributed by atoms with Crippen molar-refractivity contribution >= 4 is 26.9 Å². The Labute approximate surface area is 139 Å². The zero-order chi connectivity index (χ0) is 17.3. The van der Waals surface area contributed by atoms with Crippen LogP contribution < -0.4 is 9.04 Å². The van der Waals surface area contributed by atoms with Crippen LogP contribution in [0.1, 0.15) is 6.92 Å². The van der Waals surface area contributed by atoms with E-state index < -0.39 is 10.0 Å². The molecule has 2 heterocycles. The minimum Gasteiger partial charge on any atom is -0.496 e. The van der Waals surface area contributed by atoms with Crippen LogP contribution in [0.5, 0.6) is 5.75 Å². The number of imidazole rings is 1. The van der Waals surface area contributed by atoms with Crippen LogP contribution in [0.3, 0.4) is 0 Å². The molecule has 0 radical (unpaired) electrons. The Hall–Kier alpha value is -2.68. The highest BCUT2D eigenvalue weighted by Crippen LogP contribution is 2.33. The number of fused-ring (bicyclic) bond motifs is 1. The van der Waals surface area contributed by atoms with E-state index in [1.165, 1.54) is 24.0 Å². The van der Waals surface area contributed by atoms with Crippen LogP contribution >= 0.6 is 0 Å². The summed E-state index contributed by atoms with van der Waals surface area (Å²) in [4.78, 5) is 15.6. The minimum absolute atomic E-state index is 0.335. The monoisotopic (exact) mass is 347 g/mol. The Kier molecular flexibility index (Phi) is 4.10. The van der Waals surface area contributed by atoms with E-state index in [-0.39, 0.29) is 0 Å². The lowest BCUT2D eigenvalue weighted by molar-refractivity contribution is 0.416. The van der Waals surface area contributed by atoms with Crippen molar-refractivity contribution < 1.29 is 13.2 Å². The van der Waals surface area contributed by atoms with Crippen molar-refractivity contribution in [2.24, 2.45) is 0 Å². The smallest absolute Gasteiger partial charge is 0.232 e. The lowest BCUT2D eigenvalue weighted by atomic mass is 10.1. The van der Waals surface area contributed by atoms with Gasteiger partial charge in [-0.25, -0.2) is 23.4 Å². The second kappa shape index (κ2) is 6.08. The van der Waals surface area contributed by atoms with Crippen LogP contribution in [0.2, 0.25) is 0 Å². The molecule has 0 bridgehead atoms. The van der Waals surface area contributed by atoms with E-state index >= 15 is 0 Å². The molecule has 2 aromatic heterocycles. The highest BCUT2D eigenvalue weighted by atomic mass is 32.2. The third-order valence-electron chi connectivity index (χ3n) is 3.58. The molecular formula is C15H17N5O3S. The van der Waals surface area contributed by atoms with Crippen LogP contribution in [-0.2, 0) is 10.0 Å². The quantitative estimate of drug-likeness (QED) is 0.755. The number of methoxy groups -OCH3 is 1. The molecule has 0 fully saturated rings. The second-order valence-electron chi connectivity index (χ2n) is 5.16. The molecule has 0 aliphatic carbocycles. The highest BCUT2D eigenvalue weighted by Gasteiger charge is 2.18. The van der Waals surface area contributed by atoms with E-state index in [1.807, 2.05) is 0 Å². The van der Waals surface area contributed by atoms with E-state index in [2.05, 4.69) is 19.9 Å². The fraction of sp³-hybridized carbons (Fsp3) is 0.267. The molecule has 8 nitrogen and oxygen atoms in total. The molecule has 0 saturated heterocycles. The van der Waals surface area contributed by atoms with Gasteiger partial charge in [-0.05, 0) is 19.1 Å². The molecule has 3 rings (SSSR count). The zero-order valence-corrected chi connectivity index (χ0v) is 14.3. The zero-order valence-electron chi connectivity index (χ0n) is 13.5. The summed E-state index contributed by atoms with van der Waals surface area (Å²) in [6.45, 7) is 2.11. The number of aromatic amines is 1. The number of sulfonamides is 1. The summed E-state index contributed by atoms with van der Waals surface area (Å²) in [5.41, 5.74) is 2.52. The topological polar surface area (TPSA) is 101 Å². The molecule has 1 aromatic carbocycles. The van der Waals surface area contributed by atoms with Gasteiger partial charge in [-0.2, -0.15) is 0 Å². The largest absolute Gasteiger partial charge is 0.496 e. The van der Waals surface area contributed by atoms with Gasteiger partial charge in [0.25, 0.3) is 0 Å². The summed E-state index contributed by atoms with van der Waals surface area (Å²) in [7, 11) is -1.83. The number of nitrogens with one attached hydrogen (secondary N) is 1. The summed E-state index contributed by atoms with van der Waals surface area (Å²) in [5.74, 6) is 1.10. The molecule has 1 N–H and O–H groups in total. The van der Waals surface area contributed by atoms with Gasteiger partial charge < -0.3 is 9.72 Å². The number of H-pyrrole nitrogens is 1. The first kappa shape index (κ1) is 16.2. The van der Waals surface area contributed by atoms with Gasteiger partial charge in [0.1, 0.15) is 23.4 Å². The predicted molar refractivity (Wildman–Crippen MR) is 91.5 cm³/mol. The van der Waals surface area contributed by atoms with Crippen LogP contribution in [0, 0.1) is 0 Å². The number of hydrogen-bond acceptors (Lipinski definition) is 6. The van der Waals surface area contributed by atoms with Gasteiger partial charge in [0, 0.05) is 12.6 Å². The molecule has 0 saturated carbocycles.